The second-order valence-corrected chi connectivity index (χ2v) is 7.88. The molecule has 2 aliphatic rings. The molecule has 1 aliphatic heterocycles. The molecule has 112 valence electrons. The van der Waals surface area contributed by atoms with Crippen LogP contribution in [0.1, 0.15) is 29.5 Å². The van der Waals surface area contributed by atoms with Gasteiger partial charge in [0.15, 0.2) is 0 Å². The molecular weight excluding hydrogens is 428 g/mol. The highest BCUT2D eigenvalue weighted by molar-refractivity contribution is 14.1. The summed E-state index contributed by atoms with van der Waals surface area (Å²) in [6.07, 6.45) is 5.69. The zero-order valence-electron chi connectivity index (χ0n) is 11.7. The Bertz CT molecular complexity index is 772. The Morgan fingerprint density at radius 2 is 1.95 bits per heavy atom. The van der Waals surface area contributed by atoms with Gasteiger partial charge in [0.2, 0.25) is 0 Å². The minimum Gasteiger partial charge on any atom is -0.378 e. The van der Waals surface area contributed by atoms with Crippen molar-refractivity contribution in [2.75, 3.05) is 5.32 Å². The molecule has 0 fully saturated rings. The third-order valence-corrected chi connectivity index (χ3v) is 6.15. The standard InChI is InChI=1S/C18H14Cl2IN/c19-15-6-2-5-13(17(15)20)18-12-4-1-3-11(12)14-9-10(21)7-8-16(14)22-18/h1-3,5-9,11-12,18,22H,4H2. The number of nitrogens with one attached hydrogen (secondary N) is 1. The molecule has 1 aliphatic carbocycles. The van der Waals surface area contributed by atoms with Crippen LogP contribution >= 0.6 is 45.8 Å². The Kier molecular flexibility index (Phi) is 3.87. The third kappa shape index (κ3) is 2.36. The summed E-state index contributed by atoms with van der Waals surface area (Å²) in [6, 6.07) is 12.7. The highest BCUT2D eigenvalue weighted by atomic mass is 127. The first-order valence-corrected chi connectivity index (χ1v) is 9.15. The Labute approximate surface area is 153 Å². The number of rotatable bonds is 1. The molecule has 0 spiro atoms. The molecule has 4 rings (SSSR count). The van der Waals surface area contributed by atoms with E-state index in [2.05, 4.69) is 64.3 Å². The molecule has 3 unspecified atom stereocenters. The first-order chi connectivity index (χ1) is 10.6. The van der Waals surface area contributed by atoms with Crippen LogP contribution in [0.2, 0.25) is 10.0 Å². The van der Waals surface area contributed by atoms with Gasteiger partial charge in [-0.1, -0.05) is 47.5 Å². The lowest BCUT2D eigenvalue weighted by molar-refractivity contribution is 0.425. The largest absolute Gasteiger partial charge is 0.378 e. The van der Waals surface area contributed by atoms with Gasteiger partial charge in [-0.05, 0) is 70.3 Å². The molecule has 2 aromatic carbocycles. The van der Waals surface area contributed by atoms with E-state index in [9.17, 15) is 0 Å². The number of allylic oxidation sites excluding steroid dienone is 2. The lowest BCUT2D eigenvalue weighted by Crippen LogP contribution is -2.29. The molecule has 0 saturated heterocycles. The van der Waals surface area contributed by atoms with Crippen LogP contribution in [0.3, 0.4) is 0 Å². The molecule has 2 aromatic rings. The van der Waals surface area contributed by atoms with Crippen LogP contribution in [0, 0.1) is 9.49 Å². The molecule has 0 saturated carbocycles. The van der Waals surface area contributed by atoms with Gasteiger partial charge in [0.1, 0.15) is 0 Å². The summed E-state index contributed by atoms with van der Waals surface area (Å²) in [5.41, 5.74) is 3.69. The minimum atomic E-state index is 0.193. The second kappa shape index (κ2) is 5.73. The van der Waals surface area contributed by atoms with Crippen molar-refractivity contribution in [3.63, 3.8) is 0 Å². The summed E-state index contributed by atoms with van der Waals surface area (Å²) in [4.78, 5) is 0. The topological polar surface area (TPSA) is 12.0 Å². The number of hydrogen-bond donors (Lipinski definition) is 1. The lowest BCUT2D eigenvalue weighted by Gasteiger charge is -2.38. The van der Waals surface area contributed by atoms with Crippen LogP contribution in [0.25, 0.3) is 0 Å². The fourth-order valence-corrected chi connectivity index (χ4v) is 4.57. The maximum atomic E-state index is 6.48. The van der Waals surface area contributed by atoms with Crippen molar-refractivity contribution in [1.82, 2.24) is 0 Å². The van der Waals surface area contributed by atoms with Gasteiger partial charge in [0.25, 0.3) is 0 Å². The number of hydrogen-bond acceptors (Lipinski definition) is 1. The second-order valence-electron chi connectivity index (χ2n) is 5.85. The van der Waals surface area contributed by atoms with Gasteiger partial charge in [0, 0.05) is 15.2 Å². The van der Waals surface area contributed by atoms with Gasteiger partial charge >= 0.3 is 0 Å². The highest BCUT2D eigenvalue weighted by Gasteiger charge is 2.38. The van der Waals surface area contributed by atoms with Crippen molar-refractivity contribution in [2.45, 2.75) is 18.4 Å². The molecule has 0 amide bonds. The van der Waals surface area contributed by atoms with Crippen LogP contribution in [0.4, 0.5) is 5.69 Å². The fraction of sp³-hybridized carbons (Fsp3) is 0.222. The predicted octanol–water partition coefficient (Wildman–Crippen LogP) is 6.42. The Morgan fingerprint density at radius 3 is 2.82 bits per heavy atom. The molecule has 1 N–H and O–H groups in total. The van der Waals surface area contributed by atoms with E-state index in [-0.39, 0.29) is 6.04 Å². The van der Waals surface area contributed by atoms with E-state index in [1.807, 2.05) is 12.1 Å². The van der Waals surface area contributed by atoms with E-state index in [0.717, 1.165) is 12.0 Å². The molecule has 1 nitrogen and oxygen atoms in total. The summed E-state index contributed by atoms with van der Waals surface area (Å²) < 4.78 is 1.27. The van der Waals surface area contributed by atoms with Crippen molar-refractivity contribution in [1.29, 1.82) is 0 Å². The number of anilines is 1. The first-order valence-electron chi connectivity index (χ1n) is 7.31. The SMILES string of the molecule is Clc1cccc(C2Nc3ccc(I)cc3C3C=CCC32)c1Cl. The highest BCUT2D eigenvalue weighted by Crippen LogP contribution is 2.51. The molecule has 0 bridgehead atoms. The van der Waals surface area contributed by atoms with Crippen LogP contribution in [0.15, 0.2) is 48.6 Å². The van der Waals surface area contributed by atoms with Crippen molar-refractivity contribution in [2.24, 2.45) is 5.92 Å². The first kappa shape index (κ1) is 14.9. The van der Waals surface area contributed by atoms with E-state index in [0.29, 0.717) is 21.9 Å². The zero-order valence-corrected chi connectivity index (χ0v) is 15.4. The Morgan fingerprint density at radius 1 is 1.09 bits per heavy atom. The van der Waals surface area contributed by atoms with E-state index < -0.39 is 0 Å². The van der Waals surface area contributed by atoms with Gasteiger partial charge in [-0.3, -0.25) is 0 Å². The summed E-state index contributed by atoms with van der Waals surface area (Å²) in [6.45, 7) is 0. The maximum absolute atomic E-state index is 6.48. The monoisotopic (exact) mass is 441 g/mol. The van der Waals surface area contributed by atoms with Gasteiger partial charge in [-0.15, -0.1) is 0 Å². The molecule has 3 atom stereocenters. The van der Waals surface area contributed by atoms with E-state index in [1.165, 1.54) is 14.8 Å². The zero-order chi connectivity index (χ0) is 15.3. The van der Waals surface area contributed by atoms with Crippen LogP contribution < -0.4 is 5.32 Å². The number of halogens is 3. The summed E-state index contributed by atoms with van der Waals surface area (Å²) in [7, 11) is 0. The average molecular weight is 442 g/mol. The molecule has 22 heavy (non-hydrogen) atoms. The Balaban J connectivity index is 1.83. The average Bonchev–Trinajstić information content (AvgIpc) is 2.99. The van der Waals surface area contributed by atoms with E-state index >= 15 is 0 Å². The minimum absolute atomic E-state index is 0.193. The Hall–Kier alpha value is -0.710. The fourth-order valence-electron chi connectivity index (χ4n) is 3.63. The van der Waals surface area contributed by atoms with E-state index in [4.69, 9.17) is 23.2 Å². The van der Waals surface area contributed by atoms with Crippen LogP contribution in [0.5, 0.6) is 0 Å². The molecule has 4 heteroatoms. The summed E-state index contributed by atoms with van der Waals surface area (Å²) in [5.74, 6) is 0.938. The van der Waals surface area contributed by atoms with Crippen molar-refractivity contribution < 1.29 is 0 Å². The molecule has 0 radical (unpaired) electrons. The maximum Gasteiger partial charge on any atom is 0.0645 e. The molecule has 0 aromatic heterocycles. The molecule has 1 heterocycles. The van der Waals surface area contributed by atoms with Crippen LogP contribution in [-0.4, -0.2) is 0 Å². The van der Waals surface area contributed by atoms with Crippen LogP contribution in [-0.2, 0) is 0 Å². The van der Waals surface area contributed by atoms with Gasteiger partial charge in [0.05, 0.1) is 16.1 Å². The van der Waals surface area contributed by atoms with Crippen molar-refractivity contribution in [3.8, 4) is 0 Å². The predicted molar refractivity (Wildman–Crippen MR) is 102 cm³/mol. The number of benzene rings is 2. The summed E-state index contributed by atoms with van der Waals surface area (Å²) in [5, 5.41) is 4.98. The third-order valence-electron chi connectivity index (χ3n) is 4.64. The van der Waals surface area contributed by atoms with Crippen molar-refractivity contribution in [3.05, 3.63) is 73.3 Å². The normalized spacial score (nSPS) is 25.5. The number of fused-ring (bicyclic) bond motifs is 3. The molecular formula is C18H14Cl2IN. The van der Waals surface area contributed by atoms with Crippen molar-refractivity contribution >= 4 is 51.5 Å². The van der Waals surface area contributed by atoms with Gasteiger partial charge in [-0.25, -0.2) is 0 Å². The van der Waals surface area contributed by atoms with Gasteiger partial charge in [-0.2, -0.15) is 0 Å². The lowest BCUT2D eigenvalue weighted by atomic mass is 9.77. The smallest absolute Gasteiger partial charge is 0.0645 e. The quantitative estimate of drug-likeness (QED) is 0.397. The summed E-state index contributed by atoms with van der Waals surface area (Å²) >= 11 is 15.1. The van der Waals surface area contributed by atoms with E-state index in [1.54, 1.807) is 0 Å². The van der Waals surface area contributed by atoms with Gasteiger partial charge < -0.3 is 5.32 Å².